The van der Waals surface area contributed by atoms with Crippen molar-refractivity contribution in [2.45, 2.75) is 39.3 Å². The highest BCUT2D eigenvalue weighted by atomic mass is 79.9. The Hall–Kier alpha value is -3.37. The van der Waals surface area contributed by atoms with Crippen molar-refractivity contribution in [2.75, 3.05) is 10.7 Å². The maximum absolute atomic E-state index is 13.6. The molecule has 0 unspecified atom stereocenters. The van der Waals surface area contributed by atoms with Gasteiger partial charge >= 0.3 is 0 Å². The van der Waals surface area contributed by atoms with Crippen LogP contribution in [0.1, 0.15) is 42.3 Å². The van der Waals surface area contributed by atoms with Gasteiger partial charge in [0.25, 0.3) is 10.0 Å². The zero-order chi connectivity index (χ0) is 25.7. The number of rotatable bonds is 5. The molecular weight excluding hydrogens is 556 g/mol. The third-order valence-corrected chi connectivity index (χ3v) is 7.26. The van der Waals surface area contributed by atoms with Crippen LogP contribution in [0.4, 0.5) is 5.69 Å². The Balaban J connectivity index is 0.00000320. The molecule has 0 saturated heterocycles. The number of ether oxygens (including phenoxy) is 1. The number of nitrogens with zero attached hydrogens (tertiary/aromatic N) is 2. The zero-order valence-electron chi connectivity index (χ0n) is 20.8. The molecule has 5 rings (SSSR count). The molecule has 0 radical (unpaired) electrons. The molecule has 0 saturated carbocycles. The van der Waals surface area contributed by atoms with Gasteiger partial charge in [-0.1, -0.05) is 63.2 Å². The maximum Gasteiger partial charge on any atom is 0.268 e. The number of anilines is 1. The second-order valence-corrected chi connectivity index (χ2v) is 11.7. The van der Waals surface area contributed by atoms with Crippen LogP contribution in [-0.2, 0) is 28.5 Å². The third kappa shape index (κ3) is 5.21. The van der Waals surface area contributed by atoms with Crippen molar-refractivity contribution < 1.29 is 17.9 Å². The summed E-state index contributed by atoms with van der Waals surface area (Å²) in [6.45, 7) is 6.40. The molecule has 4 aromatic rings. The van der Waals surface area contributed by atoms with Crippen molar-refractivity contribution in [3.05, 3.63) is 89.0 Å². The lowest BCUT2D eigenvalue weighted by molar-refractivity contribution is 0.0971. The molecule has 1 aromatic heterocycles. The number of benzene rings is 3. The molecular formula is C27H29BrN4O4S. The molecule has 0 amide bonds. The maximum atomic E-state index is 13.6. The first-order valence-electron chi connectivity index (χ1n) is 11.6. The van der Waals surface area contributed by atoms with E-state index in [4.69, 9.17) is 10.1 Å². The highest BCUT2D eigenvalue weighted by Crippen LogP contribution is 2.41. The number of sulfonamides is 1. The predicted molar refractivity (Wildman–Crippen MR) is 149 cm³/mol. The molecule has 0 bridgehead atoms. The van der Waals surface area contributed by atoms with Crippen molar-refractivity contribution in [1.29, 1.82) is 5.41 Å². The van der Waals surface area contributed by atoms with E-state index in [9.17, 15) is 13.2 Å². The van der Waals surface area contributed by atoms with Crippen molar-refractivity contribution >= 4 is 49.5 Å². The Morgan fingerprint density at radius 2 is 1.62 bits per heavy atom. The Bertz CT molecular complexity index is 1650. The van der Waals surface area contributed by atoms with Gasteiger partial charge in [-0.2, -0.15) is 0 Å². The minimum absolute atomic E-state index is 0. The first-order valence-corrected chi connectivity index (χ1v) is 13.3. The minimum Gasteiger partial charge on any atom is -0.473 e. The molecule has 8 nitrogen and oxygen atoms in total. The van der Waals surface area contributed by atoms with Crippen LogP contribution in [0.15, 0.2) is 66.7 Å². The summed E-state index contributed by atoms with van der Waals surface area (Å²) < 4.78 is 36.0. The molecule has 0 fully saturated rings. The summed E-state index contributed by atoms with van der Waals surface area (Å²) in [6, 6.07) is 20.8. The van der Waals surface area contributed by atoms with Gasteiger partial charge < -0.3 is 13.9 Å². The van der Waals surface area contributed by atoms with Gasteiger partial charge in [-0.25, -0.2) is 8.42 Å². The molecule has 0 atom stereocenters. The van der Waals surface area contributed by atoms with Gasteiger partial charge in [-0.05, 0) is 35.2 Å². The van der Waals surface area contributed by atoms with Gasteiger partial charge in [0.15, 0.2) is 5.78 Å². The molecule has 1 aliphatic heterocycles. The number of halogens is 1. The summed E-state index contributed by atoms with van der Waals surface area (Å²) >= 11 is 0. The van der Waals surface area contributed by atoms with Crippen molar-refractivity contribution in [2.24, 2.45) is 0 Å². The molecule has 2 heterocycles. The summed E-state index contributed by atoms with van der Waals surface area (Å²) in [5.41, 5.74) is 3.90. The van der Waals surface area contributed by atoms with E-state index in [1.54, 1.807) is 10.6 Å². The van der Waals surface area contributed by atoms with E-state index in [-0.39, 0.29) is 46.0 Å². The molecule has 194 valence electrons. The summed E-state index contributed by atoms with van der Waals surface area (Å²) in [6.07, 6.45) is 0. The van der Waals surface area contributed by atoms with Crippen LogP contribution < -0.4 is 15.1 Å². The van der Waals surface area contributed by atoms with E-state index in [1.807, 2.05) is 79.9 Å². The van der Waals surface area contributed by atoms with E-state index in [2.05, 4.69) is 4.72 Å². The fraction of sp³-hybridized carbons (Fsp3) is 0.259. The topological polar surface area (TPSA) is 106 Å². The first kappa shape index (κ1) is 26.7. The second kappa shape index (κ2) is 9.83. The fourth-order valence-electron chi connectivity index (χ4n) is 4.53. The van der Waals surface area contributed by atoms with Crippen LogP contribution in [0.25, 0.3) is 11.0 Å². The highest BCUT2D eigenvalue weighted by molar-refractivity contribution is 8.93. The van der Waals surface area contributed by atoms with E-state index in [1.165, 1.54) is 6.07 Å². The number of hydrogen-bond donors (Lipinski definition) is 2. The number of carbonyl (C=O) groups excluding carboxylic acids is 1. The smallest absolute Gasteiger partial charge is 0.268 e. The normalized spacial score (nSPS) is 14.2. The van der Waals surface area contributed by atoms with E-state index < -0.39 is 16.0 Å². The van der Waals surface area contributed by atoms with Gasteiger partial charge in [0.2, 0.25) is 11.6 Å². The molecule has 3 aromatic carbocycles. The first-order chi connectivity index (χ1) is 17.0. The Morgan fingerprint density at radius 1 is 1.00 bits per heavy atom. The summed E-state index contributed by atoms with van der Waals surface area (Å²) in [5.74, 6) is -0.244. The molecule has 0 spiro atoms. The van der Waals surface area contributed by atoms with E-state index >= 15 is 0 Å². The molecule has 2 N–H and O–H groups in total. The fourth-order valence-corrected chi connectivity index (χ4v) is 5.35. The van der Waals surface area contributed by atoms with Gasteiger partial charge in [0.1, 0.15) is 5.75 Å². The van der Waals surface area contributed by atoms with Crippen LogP contribution in [0.2, 0.25) is 0 Å². The lowest BCUT2D eigenvalue weighted by Gasteiger charge is -2.28. The van der Waals surface area contributed by atoms with E-state index in [0.29, 0.717) is 17.9 Å². The monoisotopic (exact) mass is 584 g/mol. The van der Waals surface area contributed by atoms with Crippen molar-refractivity contribution in [1.82, 2.24) is 9.13 Å². The Morgan fingerprint density at radius 3 is 2.27 bits per heavy atom. The van der Waals surface area contributed by atoms with Crippen LogP contribution in [-0.4, -0.2) is 29.3 Å². The zero-order valence-corrected chi connectivity index (χ0v) is 23.3. The number of fused-ring (bicyclic) bond motifs is 2. The Labute approximate surface area is 226 Å². The van der Waals surface area contributed by atoms with Crippen LogP contribution in [0, 0.1) is 5.41 Å². The third-order valence-electron chi connectivity index (χ3n) is 6.30. The van der Waals surface area contributed by atoms with Crippen molar-refractivity contribution in [3.8, 4) is 5.75 Å². The number of carbonyl (C=O) groups is 1. The standard InChI is InChI=1S/C27H28N4O4S.BrH/c1-27(2,3)20-13-19(14-21-25(20)35-17-36(33,34)29-21)24(32)16-31-23-12-8-7-11-22(23)30(26(31)28)15-18-9-5-4-6-10-18;/h4-14,28-29H,15-17H2,1-3H3;1H. The highest BCUT2D eigenvalue weighted by Gasteiger charge is 2.30. The number of Topliss-reactive ketones (excluding diaryl/α,β-unsaturated/α-hetero) is 1. The van der Waals surface area contributed by atoms with Gasteiger partial charge in [0, 0.05) is 11.1 Å². The van der Waals surface area contributed by atoms with Crippen LogP contribution >= 0.6 is 17.0 Å². The van der Waals surface area contributed by atoms with Gasteiger partial charge in [-0.15, -0.1) is 17.0 Å². The summed E-state index contributed by atoms with van der Waals surface area (Å²) in [7, 11) is -3.64. The van der Waals surface area contributed by atoms with Gasteiger partial charge in [0.05, 0.1) is 29.8 Å². The quantitative estimate of drug-likeness (QED) is 0.328. The molecule has 1 aliphatic rings. The Kier molecular flexibility index (Phi) is 7.09. The predicted octanol–water partition coefficient (Wildman–Crippen LogP) is 4.82. The number of hydrogen-bond acceptors (Lipinski definition) is 5. The second-order valence-electron chi connectivity index (χ2n) is 10.0. The SMILES string of the molecule is Br.CC(C)(C)c1cc(C(=O)Cn2c(=N)n(Cc3ccccc3)c3ccccc32)cc2c1OCS(=O)(=O)N2. The number of para-hydroxylation sites is 2. The van der Waals surface area contributed by atoms with Crippen molar-refractivity contribution in [3.63, 3.8) is 0 Å². The molecule has 0 aliphatic carbocycles. The average Bonchev–Trinajstić information content (AvgIpc) is 3.08. The lowest BCUT2D eigenvalue weighted by Crippen LogP contribution is -2.29. The lowest BCUT2D eigenvalue weighted by atomic mass is 9.84. The molecule has 37 heavy (non-hydrogen) atoms. The summed E-state index contributed by atoms with van der Waals surface area (Å²) in [5, 5.41) is 8.89. The van der Waals surface area contributed by atoms with Crippen LogP contribution in [0.5, 0.6) is 5.75 Å². The largest absolute Gasteiger partial charge is 0.473 e. The number of nitrogens with one attached hydrogen (secondary N) is 2. The van der Waals surface area contributed by atoms with Gasteiger partial charge in [-0.3, -0.25) is 14.9 Å². The van der Waals surface area contributed by atoms with Crippen LogP contribution in [0.3, 0.4) is 0 Å². The number of ketones is 1. The van der Waals surface area contributed by atoms with E-state index in [0.717, 1.165) is 22.2 Å². The minimum atomic E-state index is -3.64. The summed E-state index contributed by atoms with van der Waals surface area (Å²) in [4.78, 5) is 13.6. The number of aromatic nitrogens is 2. The number of imidazole rings is 1. The molecule has 10 heteroatoms. The average molecular weight is 586 g/mol.